The van der Waals surface area contributed by atoms with Crippen LogP contribution in [0.4, 0.5) is 0 Å². The Morgan fingerprint density at radius 3 is 2.52 bits per heavy atom. The number of hydrogen-bond donors (Lipinski definition) is 0. The van der Waals surface area contributed by atoms with Crippen molar-refractivity contribution in [2.24, 2.45) is 7.05 Å². The molecule has 23 heavy (non-hydrogen) atoms. The van der Waals surface area contributed by atoms with Gasteiger partial charge in [-0.05, 0) is 57.2 Å². The number of benzene rings is 1. The number of ketones is 1. The summed E-state index contributed by atoms with van der Waals surface area (Å²) in [6.45, 7) is 2.25. The van der Waals surface area contributed by atoms with Crippen LogP contribution in [-0.2, 0) is 7.05 Å². The molecular weight excluding hydrogens is 330 g/mol. The maximum Gasteiger partial charge on any atom is 0.211 e. The van der Waals surface area contributed by atoms with E-state index in [4.69, 9.17) is 11.6 Å². The Kier molecular flexibility index (Phi) is 5.09. The van der Waals surface area contributed by atoms with Crippen LogP contribution in [0.25, 0.3) is 0 Å². The number of nitrogens with zero attached hydrogens (tertiary/aromatic N) is 3. The number of thioether (sulfide) groups is 1. The van der Waals surface area contributed by atoms with Crippen molar-refractivity contribution in [2.75, 3.05) is 20.1 Å². The maximum atomic E-state index is 12.6. The Balaban J connectivity index is 1.73. The zero-order valence-corrected chi connectivity index (χ0v) is 14.9. The van der Waals surface area contributed by atoms with Crippen LogP contribution in [0.15, 0.2) is 35.6 Å². The third-order valence-electron chi connectivity index (χ3n) is 4.22. The lowest BCUT2D eigenvalue weighted by molar-refractivity contribution is 0.103. The Labute approximate surface area is 145 Å². The Morgan fingerprint density at radius 1 is 1.22 bits per heavy atom. The van der Waals surface area contributed by atoms with Crippen LogP contribution >= 0.6 is 23.4 Å². The number of hydrogen-bond acceptors (Lipinski definition) is 4. The summed E-state index contributed by atoms with van der Waals surface area (Å²) in [5, 5.41) is 2.12. The van der Waals surface area contributed by atoms with Gasteiger partial charge in [0.2, 0.25) is 5.78 Å². The maximum absolute atomic E-state index is 12.6. The number of carbonyl (C=O) groups excluding carboxylic acids is 1. The van der Waals surface area contributed by atoms with E-state index in [1.54, 1.807) is 42.2 Å². The quantitative estimate of drug-likeness (QED) is 0.792. The molecule has 122 valence electrons. The minimum absolute atomic E-state index is 0.0214. The molecule has 0 saturated carbocycles. The molecule has 2 aromatic rings. The lowest BCUT2D eigenvalue weighted by Gasteiger charge is -2.28. The van der Waals surface area contributed by atoms with Gasteiger partial charge in [0.25, 0.3) is 0 Å². The standard InChI is InChI=1S/C17H20ClN3OS/c1-20-9-7-14(8-10-20)23-17-19-11-15(21(17)2)16(22)12-3-5-13(18)6-4-12/h3-6,11,14H,7-10H2,1-2H3. The minimum Gasteiger partial charge on any atom is -0.319 e. The SMILES string of the molecule is CN1CCC(Sc2ncc(C(=O)c3ccc(Cl)cc3)n2C)CC1. The normalized spacial score (nSPS) is 16.7. The molecule has 1 aliphatic heterocycles. The fourth-order valence-corrected chi connectivity index (χ4v) is 3.95. The number of imidazole rings is 1. The summed E-state index contributed by atoms with van der Waals surface area (Å²) >= 11 is 7.66. The molecular formula is C17H20ClN3OS. The van der Waals surface area contributed by atoms with E-state index in [-0.39, 0.29) is 5.78 Å². The summed E-state index contributed by atoms with van der Waals surface area (Å²) in [4.78, 5) is 19.4. The predicted molar refractivity (Wildman–Crippen MR) is 94.5 cm³/mol. The third kappa shape index (κ3) is 3.79. The lowest BCUT2D eigenvalue weighted by Crippen LogP contribution is -2.31. The topological polar surface area (TPSA) is 38.1 Å². The van der Waals surface area contributed by atoms with Crippen molar-refractivity contribution in [3.05, 3.63) is 46.7 Å². The van der Waals surface area contributed by atoms with Gasteiger partial charge in [0.15, 0.2) is 5.16 Å². The van der Waals surface area contributed by atoms with Gasteiger partial charge >= 0.3 is 0 Å². The van der Waals surface area contributed by atoms with Gasteiger partial charge in [-0.1, -0.05) is 23.4 Å². The van der Waals surface area contributed by atoms with Crippen LogP contribution < -0.4 is 0 Å². The monoisotopic (exact) mass is 349 g/mol. The molecule has 1 aliphatic rings. The minimum atomic E-state index is -0.0214. The number of rotatable bonds is 4. The van der Waals surface area contributed by atoms with Crippen molar-refractivity contribution in [1.29, 1.82) is 0 Å². The number of likely N-dealkylation sites (tertiary alicyclic amines) is 1. The average Bonchev–Trinajstić information content (AvgIpc) is 2.90. The molecule has 0 amide bonds. The molecule has 1 saturated heterocycles. The van der Waals surface area contributed by atoms with E-state index in [1.165, 1.54) is 0 Å². The molecule has 1 aromatic heterocycles. The second kappa shape index (κ2) is 7.07. The molecule has 0 atom stereocenters. The fourth-order valence-electron chi connectivity index (χ4n) is 2.71. The van der Waals surface area contributed by atoms with Crippen LogP contribution in [0, 0.1) is 0 Å². The van der Waals surface area contributed by atoms with Gasteiger partial charge in [-0.2, -0.15) is 0 Å². The van der Waals surface area contributed by atoms with Gasteiger partial charge in [0.05, 0.1) is 6.20 Å². The van der Waals surface area contributed by atoms with Crippen molar-refractivity contribution >= 4 is 29.1 Å². The molecule has 2 heterocycles. The first kappa shape index (κ1) is 16.6. The first-order valence-electron chi connectivity index (χ1n) is 7.72. The highest BCUT2D eigenvalue weighted by atomic mass is 35.5. The Bertz CT molecular complexity index is 690. The molecule has 4 nitrogen and oxygen atoms in total. The molecule has 0 aliphatic carbocycles. The highest BCUT2D eigenvalue weighted by molar-refractivity contribution is 7.99. The summed E-state index contributed by atoms with van der Waals surface area (Å²) in [5.74, 6) is -0.0214. The van der Waals surface area contributed by atoms with Gasteiger partial charge in [-0.25, -0.2) is 4.98 Å². The molecule has 6 heteroatoms. The second-order valence-electron chi connectivity index (χ2n) is 5.94. The van der Waals surface area contributed by atoms with E-state index < -0.39 is 0 Å². The molecule has 3 rings (SSSR count). The summed E-state index contributed by atoms with van der Waals surface area (Å²) < 4.78 is 1.90. The van der Waals surface area contributed by atoms with Crippen molar-refractivity contribution in [3.63, 3.8) is 0 Å². The average molecular weight is 350 g/mol. The Hall–Kier alpha value is -1.30. The third-order valence-corrected chi connectivity index (χ3v) is 5.87. The molecule has 0 N–H and O–H groups in total. The van der Waals surface area contributed by atoms with Crippen molar-refractivity contribution < 1.29 is 4.79 Å². The van der Waals surface area contributed by atoms with E-state index >= 15 is 0 Å². The van der Waals surface area contributed by atoms with Crippen LogP contribution in [0.2, 0.25) is 5.02 Å². The summed E-state index contributed by atoms with van der Waals surface area (Å²) in [6, 6.07) is 6.97. The summed E-state index contributed by atoms with van der Waals surface area (Å²) in [7, 11) is 4.07. The van der Waals surface area contributed by atoms with Crippen molar-refractivity contribution in [1.82, 2.24) is 14.5 Å². The van der Waals surface area contributed by atoms with Crippen LogP contribution in [0.3, 0.4) is 0 Å². The highest BCUT2D eigenvalue weighted by Crippen LogP contribution is 2.29. The van der Waals surface area contributed by atoms with Gasteiger partial charge < -0.3 is 9.47 Å². The van der Waals surface area contributed by atoms with Gasteiger partial charge in [-0.3, -0.25) is 4.79 Å². The van der Waals surface area contributed by atoms with Gasteiger partial charge in [-0.15, -0.1) is 0 Å². The van der Waals surface area contributed by atoms with E-state index in [0.29, 0.717) is 21.5 Å². The van der Waals surface area contributed by atoms with Crippen LogP contribution in [0.1, 0.15) is 28.9 Å². The fraction of sp³-hybridized carbons (Fsp3) is 0.412. The lowest BCUT2D eigenvalue weighted by atomic mass is 10.1. The van der Waals surface area contributed by atoms with Gasteiger partial charge in [0, 0.05) is 22.9 Å². The molecule has 0 spiro atoms. The zero-order chi connectivity index (χ0) is 16.4. The number of carbonyl (C=O) groups is 1. The van der Waals surface area contributed by atoms with Crippen LogP contribution in [0.5, 0.6) is 0 Å². The van der Waals surface area contributed by atoms with Crippen LogP contribution in [-0.4, -0.2) is 45.6 Å². The van der Waals surface area contributed by atoms with E-state index in [2.05, 4.69) is 16.9 Å². The molecule has 1 aromatic carbocycles. The van der Waals surface area contributed by atoms with Gasteiger partial charge in [0.1, 0.15) is 5.69 Å². The first-order valence-corrected chi connectivity index (χ1v) is 8.97. The number of aromatic nitrogens is 2. The summed E-state index contributed by atoms with van der Waals surface area (Å²) in [6.07, 6.45) is 4.00. The molecule has 0 radical (unpaired) electrons. The van der Waals surface area contributed by atoms with E-state index in [0.717, 1.165) is 31.1 Å². The summed E-state index contributed by atoms with van der Waals surface area (Å²) in [5.41, 5.74) is 1.25. The van der Waals surface area contributed by atoms with E-state index in [1.807, 2.05) is 11.6 Å². The largest absolute Gasteiger partial charge is 0.319 e. The van der Waals surface area contributed by atoms with Crippen molar-refractivity contribution in [2.45, 2.75) is 23.2 Å². The van der Waals surface area contributed by atoms with E-state index in [9.17, 15) is 4.79 Å². The molecule has 0 unspecified atom stereocenters. The predicted octanol–water partition coefficient (Wildman–Crippen LogP) is 3.49. The molecule has 1 fully saturated rings. The van der Waals surface area contributed by atoms with Crippen molar-refractivity contribution in [3.8, 4) is 0 Å². The number of halogens is 1. The zero-order valence-electron chi connectivity index (χ0n) is 13.3. The highest BCUT2D eigenvalue weighted by Gasteiger charge is 2.22. The first-order chi connectivity index (χ1) is 11.0. The second-order valence-corrected chi connectivity index (χ2v) is 7.65. The molecule has 0 bridgehead atoms. The smallest absolute Gasteiger partial charge is 0.211 e. The number of piperidine rings is 1. The Morgan fingerprint density at radius 2 is 1.87 bits per heavy atom.